The van der Waals surface area contributed by atoms with Crippen LogP contribution in [0.1, 0.15) is 133 Å². The predicted octanol–water partition coefficient (Wildman–Crippen LogP) is 4.00. The highest BCUT2D eigenvalue weighted by Crippen LogP contribution is 2.19. The second-order valence-corrected chi connectivity index (χ2v) is 19.5. The maximum Gasteiger partial charge on any atom is 0.326 e. The minimum absolute atomic E-state index is 0.00744. The highest BCUT2D eigenvalue weighted by molar-refractivity contribution is 5.96. The quantitative estimate of drug-likeness (QED) is 0.0319. The van der Waals surface area contributed by atoms with E-state index in [9.17, 15) is 58.5 Å². The number of amides is 7. The minimum atomic E-state index is -1.19. The van der Waals surface area contributed by atoms with Crippen molar-refractivity contribution < 1.29 is 58.5 Å². The Labute approximate surface area is 426 Å². The number of hydrogen-bond donors (Lipinski definition) is 10. The summed E-state index contributed by atoms with van der Waals surface area (Å²) in [4.78, 5) is 112. The number of unbranched alkanes of at least 4 members (excludes halogenated alkanes) is 5. The van der Waals surface area contributed by atoms with E-state index in [1.807, 2.05) is 19.9 Å². The average Bonchev–Trinajstić information content (AvgIpc) is 3.29. The molecule has 0 saturated carbocycles. The molecular weight excluding hydrogens is 927 g/mol. The summed E-state index contributed by atoms with van der Waals surface area (Å²) in [7, 11) is 0. The van der Waals surface area contributed by atoms with E-state index in [0.717, 1.165) is 12.8 Å². The number of nitrogens with one attached hydrogen (secondary N) is 7. The van der Waals surface area contributed by atoms with Gasteiger partial charge in [-0.3, -0.25) is 33.6 Å². The molecule has 19 heteroatoms. The first-order chi connectivity index (χ1) is 34.0. The summed E-state index contributed by atoms with van der Waals surface area (Å²) in [6.07, 6.45) is 21.1. The largest absolute Gasteiger partial charge is 0.480 e. The molecule has 19 nitrogen and oxygen atoms in total. The Bertz CT molecular complexity index is 1920. The molecule has 2 aliphatic rings. The number of allylic oxidation sites excluding steroid dienone is 3. The average molecular weight is 1010 g/mol. The lowest BCUT2D eigenvalue weighted by molar-refractivity contribution is -0.140. The molecule has 0 aromatic heterocycles. The first-order valence-corrected chi connectivity index (χ1v) is 25.5. The van der Waals surface area contributed by atoms with Gasteiger partial charge in [0, 0.05) is 62.2 Å². The van der Waals surface area contributed by atoms with Crippen molar-refractivity contribution in [1.29, 1.82) is 0 Å². The van der Waals surface area contributed by atoms with Crippen molar-refractivity contribution in [3.8, 4) is 0 Å². The van der Waals surface area contributed by atoms with Crippen molar-refractivity contribution in [2.24, 2.45) is 29.6 Å². The molecule has 0 aromatic rings. The summed E-state index contributed by atoms with van der Waals surface area (Å²) in [6.45, 7) is 16.6. The first-order valence-electron chi connectivity index (χ1n) is 25.5. The van der Waals surface area contributed by atoms with Crippen LogP contribution in [0.5, 0.6) is 0 Å². The van der Waals surface area contributed by atoms with E-state index in [1.54, 1.807) is 65.0 Å². The molecule has 10 N–H and O–H groups in total. The van der Waals surface area contributed by atoms with Gasteiger partial charge in [0.05, 0.1) is 24.2 Å². The number of rotatable bonds is 22. The highest BCUT2D eigenvalue weighted by atomic mass is 16.4. The van der Waals surface area contributed by atoms with E-state index in [1.165, 1.54) is 56.9 Å². The summed E-state index contributed by atoms with van der Waals surface area (Å²) in [6, 6.07) is -4.80. The highest BCUT2D eigenvalue weighted by Gasteiger charge is 2.33. The molecule has 404 valence electrons. The number of carboxylic acids is 1. The van der Waals surface area contributed by atoms with Crippen LogP contribution in [-0.2, 0) is 38.4 Å². The Morgan fingerprint density at radius 3 is 1.96 bits per heavy atom. The molecule has 0 saturated heterocycles. The summed E-state index contributed by atoms with van der Waals surface area (Å²) in [5, 5.41) is 48.4. The van der Waals surface area contributed by atoms with Gasteiger partial charge in [-0.05, 0) is 63.7 Å². The lowest BCUT2D eigenvalue weighted by Crippen LogP contribution is -2.54. The zero-order chi connectivity index (χ0) is 54.3. The van der Waals surface area contributed by atoms with Crippen molar-refractivity contribution in [2.45, 2.75) is 175 Å². The van der Waals surface area contributed by atoms with Crippen LogP contribution in [-0.4, -0.2) is 124 Å². The topological polar surface area (TPSA) is 299 Å². The van der Waals surface area contributed by atoms with Crippen molar-refractivity contribution in [2.75, 3.05) is 13.1 Å². The molecule has 2 rings (SSSR count). The summed E-state index contributed by atoms with van der Waals surface area (Å²) < 4.78 is 0. The molecule has 0 unspecified atom stereocenters. The lowest BCUT2D eigenvalue weighted by atomic mass is 9.90. The Morgan fingerprint density at radius 1 is 0.736 bits per heavy atom. The number of hydrogen-bond acceptors (Lipinski definition) is 11. The number of ketones is 2. The second-order valence-electron chi connectivity index (χ2n) is 19.5. The maximum absolute atomic E-state index is 13.2. The van der Waals surface area contributed by atoms with Gasteiger partial charge in [-0.15, -0.1) is 0 Å². The van der Waals surface area contributed by atoms with Crippen LogP contribution in [0.4, 0.5) is 4.79 Å². The number of aliphatic carboxylic acids is 1. The van der Waals surface area contributed by atoms with Gasteiger partial charge >= 0.3 is 12.0 Å². The van der Waals surface area contributed by atoms with Gasteiger partial charge in [0.15, 0.2) is 11.6 Å². The van der Waals surface area contributed by atoms with E-state index in [0.29, 0.717) is 13.0 Å². The van der Waals surface area contributed by atoms with Crippen LogP contribution in [0.15, 0.2) is 60.8 Å². The zero-order valence-corrected chi connectivity index (χ0v) is 43.9. The summed E-state index contributed by atoms with van der Waals surface area (Å²) >= 11 is 0. The Morgan fingerprint density at radius 2 is 1.35 bits per heavy atom. The summed E-state index contributed by atoms with van der Waals surface area (Å²) in [5.41, 5.74) is 0. The smallest absolute Gasteiger partial charge is 0.326 e. The Hall–Kier alpha value is -5.95. The van der Waals surface area contributed by atoms with E-state index in [-0.39, 0.29) is 73.5 Å². The number of aliphatic hydroxyl groups excluding tert-OH is 2. The number of aliphatic hydroxyl groups is 2. The van der Waals surface area contributed by atoms with Gasteiger partial charge in [0.1, 0.15) is 12.1 Å². The zero-order valence-electron chi connectivity index (χ0n) is 43.9. The molecule has 7 amide bonds. The van der Waals surface area contributed by atoms with E-state index in [2.05, 4.69) is 44.1 Å². The van der Waals surface area contributed by atoms with Crippen LogP contribution in [0.3, 0.4) is 0 Å². The molecule has 72 heavy (non-hydrogen) atoms. The number of carboxylic acid groups (broad SMARTS) is 1. The van der Waals surface area contributed by atoms with E-state index < -0.39 is 83.9 Å². The molecule has 0 aliphatic carbocycles. The van der Waals surface area contributed by atoms with Gasteiger partial charge in [-0.2, -0.15) is 0 Å². The van der Waals surface area contributed by atoms with E-state index in [4.69, 9.17) is 0 Å². The standard InChI is InChI=1S/C28H45N3O6.C25H40N4O6/c1-4-5-6-7-8-9-10-11-12-13-26(36)31-27(21(3)32)24(34)19-22-18-23(33)16-17-29-25(35)15-14-20(2)30-28(22)37;1-14(2)18-10-11-20(31)26-12-8-7-9-17(23(32)27-18)13-19(30)21(15(3)4)28-25(35)29-22(16(5)6)24(33)34/h10-15,20-23,27,32-33H,4-9,16-19H2,1-3H3,(H,29,35)(H,30,37)(H,31,36);7,9-11,14-18,21-22H,8,12-13H2,1-6H3,(H,26,31)(H,27,32)(H,33,34)(H2,28,29,35)/b11-10+,13-12+,15-14+;9-7+,11-10+/t20-,21+,22-,23-,27+;17-,18-,21+,22+/m01/s1. The number of Topliss-reactive ketones (excluding diaryl/α,β-unsaturated/α-hetero) is 2. The summed E-state index contributed by atoms with van der Waals surface area (Å²) in [5.74, 6) is -6.11. The molecular formula is C53H85N7O12. The van der Waals surface area contributed by atoms with Crippen molar-refractivity contribution in [3.63, 3.8) is 0 Å². The number of carbonyl (C=O) groups is 9. The van der Waals surface area contributed by atoms with Crippen LogP contribution < -0.4 is 37.2 Å². The van der Waals surface area contributed by atoms with Crippen LogP contribution >= 0.6 is 0 Å². The van der Waals surface area contributed by atoms with Gasteiger partial charge in [-0.25, -0.2) is 9.59 Å². The molecule has 0 bridgehead atoms. The third-order valence-electron chi connectivity index (χ3n) is 11.9. The van der Waals surface area contributed by atoms with Crippen LogP contribution in [0.25, 0.3) is 0 Å². The number of urea groups is 1. The molecule has 0 spiro atoms. The lowest BCUT2D eigenvalue weighted by Gasteiger charge is -2.26. The minimum Gasteiger partial charge on any atom is -0.480 e. The molecule has 2 heterocycles. The normalized spacial score (nSPS) is 23.4. The third-order valence-corrected chi connectivity index (χ3v) is 11.9. The third kappa shape index (κ3) is 27.0. The number of carbonyl (C=O) groups excluding carboxylic acids is 8. The van der Waals surface area contributed by atoms with Crippen molar-refractivity contribution in [3.05, 3.63) is 60.8 Å². The molecule has 9 atom stereocenters. The van der Waals surface area contributed by atoms with Gasteiger partial charge in [-0.1, -0.05) is 117 Å². The van der Waals surface area contributed by atoms with Gasteiger partial charge in [0.25, 0.3) is 0 Å². The molecule has 2 aliphatic heterocycles. The second kappa shape index (κ2) is 35.2. The fraction of sp³-hybridized carbons (Fsp3) is 0.642. The molecule has 0 fully saturated rings. The SMILES string of the molecule is CC(C)[C@H](NC(=O)N[C@H](C(=O)C[C@H]1/C=C/CCNC(=O)/C=C/[C@H](C(C)C)NC1=O)C(C)C)C(=O)O.CCCCCCC/C=C/C=C/C(=O)N[C@@H](C(=O)C[C@@H]1C[C@@H](O)CCNC(=O)/C=C/[C@H](C)NC1=O)[C@@H](C)O. The predicted molar refractivity (Wildman–Crippen MR) is 276 cm³/mol. The van der Waals surface area contributed by atoms with Crippen LogP contribution in [0.2, 0.25) is 0 Å². The van der Waals surface area contributed by atoms with Crippen LogP contribution in [0, 0.1) is 29.6 Å². The molecule has 0 aromatic carbocycles. The van der Waals surface area contributed by atoms with E-state index >= 15 is 0 Å². The Kier molecular flexibility index (Phi) is 31.3. The maximum atomic E-state index is 13.2. The van der Waals surface area contributed by atoms with Crippen molar-refractivity contribution >= 4 is 53.1 Å². The van der Waals surface area contributed by atoms with Gasteiger partial charge < -0.3 is 52.5 Å². The Balaban J connectivity index is 0.000000721. The van der Waals surface area contributed by atoms with Crippen molar-refractivity contribution in [1.82, 2.24) is 37.2 Å². The fourth-order valence-corrected chi connectivity index (χ4v) is 7.54. The monoisotopic (exact) mass is 1010 g/mol. The molecule has 0 radical (unpaired) electrons. The van der Waals surface area contributed by atoms with Gasteiger partial charge in [0.2, 0.25) is 29.5 Å². The first kappa shape index (κ1) is 64.1. The fourth-order valence-electron chi connectivity index (χ4n) is 7.54.